The van der Waals surface area contributed by atoms with Gasteiger partial charge >= 0.3 is 5.97 Å². The van der Waals surface area contributed by atoms with E-state index >= 15 is 0 Å². The van der Waals surface area contributed by atoms with Gasteiger partial charge in [-0.05, 0) is 24.6 Å². The minimum Gasteiger partial charge on any atom is -0.487 e. The van der Waals surface area contributed by atoms with Crippen LogP contribution in [-0.4, -0.2) is 34.0 Å². The maximum atomic E-state index is 13.0. The van der Waals surface area contributed by atoms with Crippen molar-refractivity contribution in [3.05, 3.63) is 75.0 Å². The third-order valence-corrected chi connectivity index (χ3v) is 6.82. The average molecular weight is 490 g/mol. The third kappa shape index (κ3) is 4.17. The Morgan fingerprint density at radius 1 is 1.19 bits per heavy atom. The molecule has 4 rings (SSSR count). The van der Waals surface area contributed by atoms with E-state index in [1.54, 1.807) is 14.0 Å². The Morgan fingerprint density at radius 3 is 2.53 bits per heavy atom. The van der Waals surface area contributed by atoms with Crippen molar-refractivity contribution >= 4 is 61.8 Å². The number of aromatic nitrogens is 2. The molecule has 4 aromatic rings. The molecule has 0 spiro atoms. The second-order valence-electron chi connectivity index (χ2n) is 7.01. The smallest absolute Gasteiger partial charge is 0.335 e. The number of aromatic carboxylic acids is 1. The molecule has 0 unspecified atom stereocenters. The summed E-state index contributed by atoms with van der Waals surface area (Å²) < 4.78 is 6.48. The first kappa shape index (κ1) is 22.1. The van der Waals surface area contributed by atoms with Crippen molar-refractivity contribution in [3.63, 3.8) is 0 Å². The molecule has 0 atom stereocenters. The van der Waals surface area contributed by atoms with Crippen LogP contribution < -0.4 is 9.64 Å². The Labute approximate surface area is 197 Å². The zero-order valence-electron chi connectivity index (χ0n) is 17.0. The monoisotopic (exact) mass is 489 g/mol. The van der Waals surface area contributed by atoms with Crippen molar-refractivity contribution in [2.45, 2.75) is 13.5 Å². The van der Waals surface area contributed by atoms with E-state index in [-0.39, 0.29) is 27.9 Å². The summed E-state index contributed by atoms with van der Waals surface area (Å²) in [5.74, 6) is -1.18. The largest absolute Gasteiger partial charge is 0.487 e. The number of thiazole rings is 1. The van der Waals surface area contributed by atoms with Crippen LogP contribution >= 0.6 is 34.5 Å². The number of anilines is 1. The SMILES string of the molecule is Cc1[nH]c(C(=O)N(C)c2nc3c(OCc4ccccc4)cc(C(=O)O)cc3s2)c(Cl)c1Cl. The summed E-state index contributed by atoms with van der Waals surface area (Å²) >= 11 is 13.5. The maximum Gasteiger partial charge on any atom is 0.335 e. The number of carboxylic acid groups (broad SMARTS) is 1. The second kappa shape index (κ2) is 8.82. The lowest BCUT2D eigenvalue weighted by molar-refractivity contribution is 0.0696. The summed E-state index contributed by atoms with van der Waals surface area (Å²) in [6.45, 7) is 1.96. The van der Waals surface area contributed by atoms with E-state index in [0.29, 0.717) is 26.8 Å². The lowest BCUT2D eigenvalue weighted by Crippen LogP contribution is -2.26. The highest BCUT2D eigenvalue weighted by molar-refractivity contribution is 7.22. The number of benzene rings is 2. The summed E-state index contributed by atoms with van der Waals surface area (Å²) in [5.41, 5.74) is 2.21. The molecule has 10 heteroatoms. The maximum absolute atomic E-state index is 13.0. The van der Waals surface area contributed by atoms with Crippen LogP contribution in [0.2, 0.25) is 10.0 Å². The minimum atomic E-state index is -1.08. The fourth-order valence-electron chi connectivity index (χ4n) is 3.07. The van der Waals surface area contributed by atoms with E-state index in [2.05, 4.69) is 9.97 Å². The number of aromatic amines is 1. The summed E-state index contributed by atoms with van der Waals surface area (Å²) in [6.07, 6.45) is 0. The molecule has 0 saturated carbocycles. The van der Waals surface area contributed by atoms with E-state index in [1.807, 2.05) is 30.3 Å². The zero-order chi connectivity index (χ0) is 23.0. The van der Waals surface area contributed by atoms with Crippen molar-refractivity contribution in [3.8, 4) is 5.75 Å². The quantitative estimate of drug-likeness (QED) is 0.357. The van der Waals surface area contributed by atoms with Crippen LogP contribution in [-0.2, 0) is 6.61 Å². The van der Waals surface area contributed by atoms with Gasteiger partial charge in [-0.15, -0.1) is 0 Å². The number of nitrogens with zero attached hydrogens (tertiary/aromatic N) is 2. The molecule has 0 fully saturated rings. The number of halogens is 2. The number of aryl methyl sites for hydroxylation is 1. The molecular formula is C22H17Cl2N3O4S. The van der Waals surface area contributed by atoms with Crippen LogP contribution in [0.1, 0.15) is 32.1 Å². The number of carbonyl (C=O) groups is 2. The topological polar surface area (TPSA) is 95.5 Å². The van der Waals surface area contributed by atoms with Gasteiger partial charge in [-0.25, -0.2) is 9.78 Å². The summed E-state index contributed by atoms with van der Waals surface area (Å²) in [4.78, 5) is 33.4. The molecule has 0 aliphatic rings. The van der Waals surface area contributed by atoms with E-state index in [0.717, 1.165) is 5.56 Å². The molecule has 2 aromatic carbocycles. The molecule has 7 nitrogen and oxygen atoms in total. The number of amides is 1. The highest BCUT2D eigenvalue weighted by Crippen LogP contribution is 2.37. The van der Waals surface area contributed by atoms with E-state index in [4.69, 9.17) is 27.9 Å². The number of carboxylic acids is 1. The van der Waals surface area contributed by atoms with Crippen molar-refractivity contribution in [2.24, 2.45) is 0 Å². The van der Waals surface area contributed by atoms with Crippen molar-refractivity contribution in [1.82, 2.24) is 9.97 Å². The lowest BCUT2D eigenvalue weighted by Gasteiger charge is -2.12. The van der Waals surface area contributed by atoms with Crippen molar-refractivity contribution in [2.75, 3.05) is 11.9 Å². The number of H-pyrrole nitrogens is 1. The molecule has 32 heavy (non-hydrogen) atoms. The summed E-state index contributed by atoms with van der Waals surface area (Å²) in [7, 11) is 1.56. The number of ether oxygens (including phenoxy) is 1. The molecule has 0 aliphatic carbocycles. The highest BCUT2D eigenvalue weighted by Gasteiger charge is 2.25. The van der Waals surface area contributed by atoms with Gasteiger partial charge in [0.05, 0.1) is 20.3 Å². The molecule has 1 amide bonds. The Balaban J connectivity index is 1.71. The molecule has 2 heterocycles. The third-order valence-electron chi connectivity index (χ3n) is 4.79. The van der Waals surface area contributed by atoms with Crippen molar-refractivity contribution in [1.29, 1.82) is 0 Å². The fraction of sp³-hybridized carbons (Fsp3) is 0.136. The van der Waals surface area contributed by atoms with Gasteiger partial charge in [0.15, 0.2) is 5.13 Å². The van der Waals surface area contributed by atoms with Gasteiger partial charge in [0.2, 0.25) is 0 Å². The van der Waals surface area contributed by atoms with E-state index in [1.165, 1.54) is 28.4 Å². The number of hydrogen-bond donors (Lipinski definition) is 2. The Morgan fingerprint density at radius 2 is 1.91 bits per heavy atom. The van der Waals surface area contributed by atoms with E-state index in [9.17, 15) is 14.7 Å². The molecular weight excluding hydrogens is 473 g/mol. The van der Waals surface area contributed by atoms with Gasteiger partial charge in [-0.2, -0.15) is 0 Å². The van der Waals surface area contributed by atoms with Crippen LogP contribution in [0.5, 0.6) is 5.75 Å². The Bertz CT molecular complexity index is 1330. The first-order chi connectivity index (χ1) is 15.3. The molecule has 0 saturated heterocycles. The summed E-state index contributed by atoms with van der Waals surface area (Å²) in [6, 6.07) is 12.4. The predicted octanol–water partition coefficient (Wildman–Crippen LogP) is 5.79. The van der Waals surface area contributed by atoms with Crippen LogP contribution in [0.25, 0.3) is 10.2 Å². The average Bonchev–Trinajstić information content (AvgIpc) is 3.33. The van der Waals surface area contributed by atoms with Gasteiger partial charge in [0, 0.05) is 12.7 Å². The van der Waals surface area contributed by atoms with Gasteiger partial charge < -0.3 is 14.8 Å². The lowest BCUT2D eigenvalue weighted by atomic mass is 10.2. The number of fused-ring (bicyclic) bond motifs is 1. The highest BCUT2D eigenvalue weighted by atomic mass is 35.5. The molecule has 2 aromatic heterocycles. The molecule has 164 valence electrons. The normalized spacial score (nSPS) is 11.0. The molecule has 0 aliphatic heterocycles. The molecule has 0 radical (unpaired) electrons. The number of rotatable bonds is 6. The fourth-order valence-corrected chi connectivity index (χ4v) is 4.47. The van der Waals surface area contributed by atoms with Gasteiger partial charge in [0.1, 0.15) is 23.6 Å². The molecule has 0 bridgehead atoms. The van der Waals surface area contributed by atoms with Crippen molar-refractivity contribution < 1.29 is 19.4 Å². The van der Waals surface area contributed by atoms with Gasteiger partial charge in [0.25, 0.3) is 5.91 Å². The predicted molar refractivity (Wildman–Crippen MR) is 126 cm³/mol. The Kier molecular flexibility index (Phi) is 6.10. The van der Waals surface area contributed by atoms with Gasteiger partial charge in [-0.3, -0.25) is 9.69 Å². The first-order valence-electron chi connectivity index (χ1n) is 9.42. The van der Waals surface area contributed by atoms with Crippen LogP contribution in [0, 0.1) is 6.92 Å². The minimum absolute atomic E-state index is 0.0690. The number of carbonyl (C=O) groups excluding carboxylic acids is 1. The van der Waals surface area contributed by atoms with Crippen LogP contribution in [0.4, 0.5) is 5.13 Å². The van der Waals surface area contributed by atoms with Gasteiger partial charge in [-0.1, -0.05) is 64.9 Å². The second-order valence-corrected chi connectivity index (χ2v) is 8.78. The molecule has 2 N–H and O–H groups in total. The zero-order valence-corrected chi connectivity index (χ0v) is 19.3. The Hall–Kier alpha value is -3.07. The van der Waals surface area contributed by atoms with Crippen LogP contribution in [0.3, 0.4) is 0 Å². The first-order valence-corrected chi connectivity index (χ1v) is 11.0. The standard InChI is InChI=1S/C22H17Cl2N3O4S/c1-11-16(23)17(24)19(25-11)20(28)27(2)22-26-18-14(31-10-12-6-4-3-5-7-12)8-13(21(29)30)9-15(18)32-22/h3-9,25H,10H2,1-2H3,(H,29,30). The summed E-state index contributed by atoms with van der Waals surface area (Å²) in [5, 5.41) is 10.3. The van der Waals surface area contributed by atoms with E-state index < -0.39 is 11.9 Å². The van der Waals surface area contributed by atoms with Crippen LogP contribution in [0.15, 0.2) is 42.5 Å². The number of hydrogen-bond acceptors (Lipinski definition) is 5. The number of nitrogens with one attached hydrogen (secondary N) is 1.